The van der Waals surface area contributed by atoms with Gasteiger partial charge in [-0.25, -0.2) is 4.79 Å². The number of rotatable bonds is 6. The molecule has 0 saturated carbocycles. The third-order valence-corrected chi connectivity index (χ3v) is 4.91. The van der Waals surface area contributed by atoms with Crippen LogP contribution in [-0.2, 0) is 11.2 Å². The summed E-state index contributed by atoms with van der Waals surface area (Å²) in [6, 6.07) is 8.36. The second-order valence-corrected chi connectivity index (χ2v) is 6.73. The molecule has 0 spiro atoms. The first-order chi connectivity index (χ1) is 13.8. The SMILES string of the molecule is COc1cc(NC(=O)CCc2c(C)c3ccc(O)c(C)c3oc2=O)cc(OC)c1. The van der Waals surface area contributed by atoms with Gasteiger partial charge in [0.25, 0.3) is 0 Å². The molecule has 29 heavy (non-hydrogen) atoms. The maximum Gasteiger partial charge on any atom is 0.339 e. The van der Waals surface area contributed by atoms with Gasteiger partial charge in [0, 0.05) is 46.8 Å². The van der Waals surface area contributed by atoms with E-state index >= 15 is 0 Å². The van der Waals surface area contributed by atoms with E-state index in [4.69, 9.17) is 13.9 Å². The maximum absolute atomic E-state index is 12.4. The molecule has 0 atom stereocenters. The highest BCUT2D eigenvalue weighted by molar-refractivity contribution is 5.91. The Kier molecular flexibility index (Phi) is 5.77. The predicted molar refractivity (Wildman–Crippen MR) is 110 cm³/mol. The van der Waals surface area contributed by atoms with Crippen molar-refractivity contribution in [1.29, 1.82) is 0 Å². The number of carbonyl (C=O) groups is 1. The standard InChI is InChI=1S/C22H23NO6/c1-12-17-5-7-19(24)13(2)21(17)29-22(26)18(12)6-8-20(25)23-14-9-15(27-3)11-16(10-14)28-4/h5,7,9-11,24H,6,8H2,1-4H3,(H,23,25). The molecule has 2 N–H and O–H groups in total. The van der Waals surface area contributed by atoms with E-state index in [0.29, 0.717) is 33.9 Å². The quantitative estimate of drug-likeness (QED) is 0.616. The van der Waals surface area contributed by atoms with Crippen molar-refractivity contribution in [3.63, 3.8) is 0 Å². The van der Waals surface area contributed by atoms with Gasteiger partial charge in [-0.1, -0.05) is 0 Å². The molecule has 7 heteroatoms. The number of nitrogens with one attached hydrogen (secondary N) is 1. The van der Waals surface area contributed by atoms with E-state index in [1.165, 1.54) is 14.2 Å². The number of amides is 1. The van der Waals surface area contributed by atoms with Crippen molar-refractivity contribution in [1.82, 2.24) is 0 Å². The first-order valence-corrected chi connectivity index (χ1v) is 9.11. The molecule has 7 nitrogen and oxygen atoms in total. The van der Waals surface area contributed by atoms with Crippen LogP contribution in [0.1, 0.15) is 23.1 Å². The van der Waals surface area contributed by atoms with Crippen LogP contribution in [0.3, 0.4) is 0 Å². The molecule has 0 bridgehead atoms. The number of phenolic OH excluding ortho intramolecular Hbond substituents is 1. The van der Waals surface area contributed by atoms with Crippen LogP contribution in [0.15, 0.2) is 39.5 Å². The number of aromatic hydroxyl groups is 1. The van der Waals surface area contributed by atoms with Crippen LogP contribution in [0.2, 0.25) is 0 Å². The molecule has 0 radical (unpaired) electrons. The largest absolute Gasteiger partial charge is 0.508 e. The smallest absolute Gasteiger partial charge is 0.339 e. The number of phenols is 1. The average molecular weight is 397 g/mol. The fourth-order valence-corrected chi connectivity index (χ4v) is 3.21. The highest BCUT2D eigenvalue weighted by Gasteiger charge is 2.16. The minimum atomic E-state index is -0.500. The molecule has 0 aliphatic heterocycles. The fraction of sp³-hybridized carbons (Fsp3) is 0.273. The van der Waals surface area contributed by atoms with Crippen LogP contribution in [0.4, 0.5) is 5.69 Å². The van der Waals surface area contributed by atoms with Crippen molar-refractivity contribution >= 4 is 22.6 Å². The number of aryl methyl sites for hydroxylation is 2. The number of ether oxygens (including phenoxy) is 2. The number of benzene rings is 2. The molecular formula is C22H23NO6. The van der Waals surface area contributed by atoms with Gasteiger partial charge in [-0.05, 0) is 38.0 Å². The number of fused-ring (bicyclic) bond motifs is 1. The Hall–Kier alpha value is -3.48. The molecule has 1 heterocycles. The van der Waals surface area contributed by atoms with Crippen molar-refractivity contribution in [2.75, 3.05) is 19.5 Å². The van der Waals surface area contributed by atoms with Gasteiger partial charge >= 0.3 is 5.63 Å². The lowest BCUT2D eigenvalue weighted by Gasteiger charge is -2.11. The molecule has 0 unspecified atom stereocenters. The fourth-order valence-electron chi connectivity index (χ4n) is 3.21. The molecular weight excluding hydrogens is 374 g/mol. The van der Waals surface area contributed by atoms with E-state index in [2.05, 4.69) is 5.32 Å². The highest BCUT2D eigenvalue weighted by atomic mass is 16.5. The Morgan fingerprint density at radius 1 is 1.07 bits per heavy atom. The number of carbonyl (C=O) groups excluding carboxylic acids is 1. The normalized spacial score (nSPS) is 10.8. The van der Waals surface area contributed by atoms with Crippen LogP contribution >= 0.6 is 0 Å². The first kappa shape index (κ1) is 20.3. The maximum atomic E-state index is 12.4. The van der Waals surface area contributed by atoms with Gasteiger partial charge in [-0.3, -0.25) is 4.79 Å². The zero-order valence-corrected chi connectivity index (χ0v) is 16.8. The van der Waals surface area contributed by atoms with Crippen molar-refractivity contribution in [2.45, 2.75) is 26.7 Å². The monoisotopic (exact) mass is 397 g/mol. The summed E-state index contributed by atoms with van der Waals surface area (Å²) in [5.41, 5.74) is 2.11. The lowest BCUT2D eigenvalue weighted by molar-refractivity contribution is -0.116. The van der Waals surface area contributed by atoms with Crippen molar-refractivity contribution in [3.8, 4) is 17.2 Å². The number of methoxy groups -OCH3 is 2. The molecule has 3 rings (SSSR count). The molecule has 3 aromatic rings. The van der Waals surface area contributed by atoms with E-state index in [1.54, 1.807) is 37.3 Å². The van der Waals surface area contributed by atoms with E-state index in [0.717, 1.165) is 10.9 Å². The zero-order valence-electron chi connectivity index (χ0n) is 16.8. The minimum absolute atomic E-state index is 0.0703. The summed E-state index contributed by atoms with van der Waals surface area (Å²) in [6.45, 7) is 3.51. The average Bonchev–Trinajstić information content (AvgIpc) is 2.70. The van der Waals surface area contributed by atoms with Gasteiger partial charge in [0.1, 0.15) is 22.8 Å². The molecule has 0 aliphatic rings. The van der Waals surface area contributed by atoms with Crippen LogP contribution in [0.5, 0.6) is 17.2 Å². The van der Waals surface area contributed by atoms with Gasteiger partial charge in [-0.2, -0.15) is 0 Å². The lowest BCUT2D eigenvalue weighted by atomic mass is 10.0. The molecule has 1 amide bonds. The van der Waals surface area contributed by atoms with Crippen molar-refractivity contribution < 1.29 is 23.8 Å². The first-order valence-electron chi connectivity index (χ1n) is 9.11. The van der Waals surface area contributed by atoms with Gasteiger partial charge in [0.05, 0.1) is 14.2 Å². The second kappa shape index (κ2) is 8.26. The Balaban J connectivity index is 1.80. The summed E-state index contributed by atoms with van der Waals surface area (Å²) in [5.74, 6) is 0.940. The molecule has 1 aromatic heterocycles. The molecule has 2 aromatic carbocycles. The summed E-state index contributed by atoms with van der Waals surface area (Å²) in [6.07, 6.45) is 0.338. The van der Waals surface area contributed by atoms with Gasteiger partial charge in [0.2, 0.25) is 5.91 Å². The Labute approximate surface area is 167 Å². The second-order valence-electron chi connectivity index (χ2n) is 6.73. The van der Waals surface area contributed by atoms with Gasteiger partial charge in [-0.15, -0.1) is 0 Å². The van der Waals surface area contributed by atoms with Crippen molar-refractivity contribution in [2.24, 2.45) is 0 Å². The summed E-state index contributed by atoms with van der Waals surface area (Å²) in [4.78, 5) is 24.9. The lowest BCUT2D eigenvalue weighted by Crippen LogP contribution is -2.17. The molecule has 152 valence electrons. The Bertz CT molecular complexity index is 1110. The van der Waals surface area contributed by atoms with E-state index < -0.39 is 5.63 Å². The zero-order chi connectivity index (χ0) is 21.1. The number of anilines is 1. The third kappa shape index (κ3) is 4.18. The summed E-state index contributed by atoms with van der Waals surface area (Å²) < 4.78 is 15.8. The third-order valence-electron chi connectivity index (χ3n) is 4.91. The highest BCUT2D eigenvalue weighted by Crippen LogP contribution is 2.29. The van der Waals surface area contributed by atoms with Crippen LogP contribution in [-0.4, -0.2) is 25.2 Å². The van der Waals surface area contributed by atoms with Gasteiger partial charge < -0.3 is 24.3 Å². The van der Waals surface area contributed by atoms with E-state index in [-0.39, 0.29) is 24.5 Å². The molecule has 0 aliphatic carbocycles. The van der Waals surface area contributed by atoms with Crippen LogP contribution in [0, 0.1) is 13.8 Å². The predicted octanol–water partition coefficient (Wildman–Crippen LogP) is 3.70. The Morgan fingerprint density at radius 2 is 1.72 bits per heavy atom. The molecule has 0 fully saturated rings. The van der Waals surface area contributed by atoms with E-state index in [9.17, 15) is 14.7 Å². The topological polar surface area (TPSA) is 98.0 Å². The van der Waals surface area contributed by atoms with Gasteiger partial charge in [0.15, 0.2) is 0 Å². The van der Waals surface area contributed by atoms with Crippen LogP contribution in [0.25, 0.3) is 11.0 Å². The Morgan fingerprint density at radius 3 is 2.34 bits per heavy atom. The summed E-state index contributed by atoms with van der Waals surface area (Å²) in [7, 11) is 3.06. The number of hydrogen-bond donors (Lipinski definition) is 2. The minimum Gasteiger partial charge on any atom is -0.508 e. The van der Waals surface area contributed by atoms with Crippen LogP contribution < -0.4 is 20.4 Å². The van der Waals surface area contributed by atoms with E-state index in [1.807, 2.05) is 6.92 Å². The van der Waals surface area contributed by atoms with Crippen molar-refractivity contribution in [3.05, 3.63) is 57.4 Å². The summed E-state index contributed by atoms with van der Waals surface area (Å²) in [5, 5.41) is 13.4. The summed E-state index contributed by atoms with van der Waals surface area (Å²) >= 11 is 0. The molecule has 0 saturated heterocycles. The number of hydrogen-bond acceptors (Lipinski definition) is 6.